The molecule has 2 aromatic rings. The highest BCUT2D eigenvalue weighted by atomic mass is 16.1. The Kier molecular flexibility index (Phi) is 4.94. The molecule has 0 radical (unpaired) electrons. The molecule has 2 aromatic carbocycles. The van der Waals surface area contributed by atoms with E-state index in [1.54, 1.807) is 0 Å². The van der Waals surface area contributed by atoms with Gasteiger partial charge in [0.1, 0.15) is 0 Å². The van der Waals surface area contributed by atoms with Gasteiger partial charge >= 0.3 is 0 Å². The monoisotopic (exact) mass is 267 g/mol. The van der Waals surface area contributed by atoms with Crippen LogP contribution in [0.15, 0.2) is 48.5 Å². The maximum absolute atomic E-state index is 11.5. The highest BCUT2D eigenvalue weighted by Gasteiger charge is 2.02. The topological polar surface area (TPSA) is 29.1 Å². The zero-order valence-electron chi connectivity index (χ0n) is 12.1. The summed E-state index contributed by atoms with van der Waals surface area (Å²) < 4.78 is 0. The van der Waals surface area contributed by atoms with Crippen molar-refractivity contribution < 1.29 is 4.79 Å². The lowest BCUT2D eigenvalue weighted by Gasteiger charge is -2.09. The van der Waals surface area contributed by atoms with Crippen LogP contribution in [0, 0.1) is 6.92 Å². The largest absolute Gasteiger partial charge is 0.385 e. The second kappa shape index (κ2) is 6.90. The average molecular weight is 267 g/mol. The summed E-state index contributed by atoms with van der Waals surface area (Å²) in [6.07, 6.45) is 1.56. The van der Waals surface area contributed by atoms with Crippen LogP contribution >= 0.6 is 0 Å². The van der Waals surface area contributed by atoms with E-state index >= 15 is 0 Å². The summed E-state index contributed by atoms with van der Waals surface area (Å²) in [4.78, 5) is 11.5. The van der Waals surface area contributed by atoms with Gasteiger partial charge in [0.05, 0.1) is 0 Å². The Morgan fingerprint density at radius 3 is 2.40 bits per heavy atom. The molecule has 0 amide bonds. The molecule has 0 heterocycles. The molecule has 0 fully saturated rings. The van der Waals surface area contributed by atoms with Crippen molar-refractivity contribution in [1.29, 1.82) is 0 Å². The SMILES string of the molecule is CCC(=O)c1ccc(NCCc2ccccc2C)cc1. The van der Waals surface area contributed by atoms with Crippen molar-refractivity contribution in [3.05, 3.63) is 65.2 Å². The number of carbonyl (C=O) groups is 1. The predicted molar refractivity (Wildman–Crippen MR) is 84.4 cm³/mol. The molecule has 104 valence electrons. The van der Waals surface area contributed by atoms with Gasteiger partial charge < -0.3 is 5.32 Å². The highest BCUT2D eigenvalue weighted by Crippen LogP contribution is 2.12. The molecule has 0 aliphatic rings. The van der Waals surface area contributed by atoms with E-state index in [9.17, 15) is 4.79 Å². The third kappa shape index (κ3) is 3.70. The van der Waals surface area contributed by atoms with Gasteiger partial charge in [0.2, 0.25) is 0 Å². The van der Waals surface area contributed by atoms with Crippen LogP contribution < -0.4 is 5.32 Å². The van der Waals surface area contributed by atoms with Crippen molar-refractivity contribution in [3.8, 4) is 0 Å². The fraction of sp³-hybridized carbons (Fsp3) is 0.278. The zero-order chi connectivity index (χ0) is 14.4. The Balaban J connectivity index is 1.88. The Hall–Kier alpha value is -2.09. The van der Waals surface area contributed by atoms with Gasteiger partial charge in [0.25, 0.3) is 0 Å². The van der Waals surface area contributed by atoms with E-state index in [0.29, 0.717) is 6.42 Å². The maximum Gasteiger partial charge on any atom is 0.162 e. The van der Waals surface area contributed by atoms with Crippen molar-refractivity contribution in [2.24, 2.45) is 0 Å². The first-order valence-corrected chi connectivity index (χ1v) is 7.12. The maximum atomic E-state index is 11.5. The van der Waals surface area contributed by atoms with Gasteiger partial charge in [0, 0.05) is 24.2 Å². The molecule has 0 saturated carbocycles. The molecule has 0 unspecified atom stereocenters. The Morgan fingerprint density at radius 2 is 1.75 bits per heavy atom. The molecule has 0 aliphatic carbocycles. The van der Waals surface area contributed by atoms with E-state index in [1.807, 2.05) is 31.2 Å². The first-order valence-electron chi connectivity index (χ1n) is 7.12. The van der Waals surface area contributed by atoms with Gasteiger partial charge in [-0.2, -0.15) is 0 Å². The fourth-order valence-corrected chi connectivity index (χ4v) is 2.21. The smallest absolute Gasteiger partial charge is 0.162 e. The number of carbonyl (C=O) groups excluding carboxylic acids is 1. The lowest BCUT2D eigenvalue weighted by Crippen LogP contribution is -2.06. The van der Waals surface area contributed by atoms with Crippen molar-refractivity contribution in [3.63, 3.8) is 0 Å². The van der Waals surface area contributed by atoms with Crippen LogP contribution in [-0.2, 0) is 6.42 Å². The van der Waals surface area contributed by atoms with E-state index in [2.05, 4.69) is 36.5 Å². The molecule has 0 aromatic heterocycles. The van der Waals surface area contributed by atoms with Crippen LogP contribution in [0.3, 0.4) is 0 Å². The Labute approximate surface area is 120 Å². The standard InChI is InChI=1S/C18H21NO/c1-3-18(20)16-8-10-17(11-9-16)19-13-12-15-7-5-4-6-14(15)2/h4-11,19H,3,12-13H2,1-2H3. The van der Waals surface area contributed by atoms with E-state index in [0.717, 1.165) is 24.2 Å². The molecule has 0 aliphatic heterocycles. The number of aryl methyl sites for hydroxylation is 1. The van der Waals surface area contributed by atoms with Gasteiger partial charge in [-0.25, -0.2) is 0 Å². The number of benzene rings is 2. The summed E-state index contributed by atoms with van der Waals surface area (Å²) in [6.45, 7) is 4.92. The first kappa shape index (κ1) is 14.3. The normalized spacial score (nSPS) is 10.3. The van der Waals surface area contributed by atoms with Crippen LogP contribution in [0.5, 0.6) is 0 Å². The molecule has 2 heteroatoms. The highest BCUT2D eigenvalue weighted by molar-refractivity contribution is 5.96. The number of Topliss-reactive ketones (excluding diaryl/α,β-unsaturated/α-hetero) is 1. The van der Waals surface area contributed by atoms with Crippen molar-refractivity contribution in [2.75, 3.05) is 11.9 Å². The zero-order valence-corrected chi connectivity index (χ0v) is 12.1. The lowest BCUT2D eigenvalue weighted by atomic mass is 10.1. The minimum atomic E-state index is 0.191. The molecule has 1 N–H and O–H groups in total. The predicted octanol–water partition coefficient (Wildman–Crippen LogP) is 4.24. The summed E-state index contributed by atoms with van der Waals surface area (Å²) in [5, 5.41) is 3.39. The summed E-state index contributed by atoms with van der Waals surface area (Å²) in [5.41, 5.74) is 4.55. The number of nitrogens with one attached hydrogen (secondary N) is 1. The van der Waals surface area contributed by atoms with Crippen LogP contribution in [0.25, 0.3) is 0 Å². The quantitative estimate of drug-likeness (QED) is 0.793. The van der Waals surface area contributed by atoms with Crippen LogP contribution in [0.1, 0.15) is 34.8 Å². The molecular formula is C18H21NO. The third-order valence-electron chi connectivity index (χ3n) is 3.51. The van der Waals surface area contributed by atoms with Gasteiger partial charge in [-0.05, 0) is 48.7 Å². The molecule has 0 bridgehead atoms. The summed E-state index contributed by atoms with van der Waals surface area (Å²) >= 11 is 0. The number of hydrogen-bond acceptors (Lipinski definition) is 2. The van der Waals surface area contributed by atoms with E-state index < -0.39 is 0 Å². The minimum Gasteiger partial charge on any atom is -0.385 e. The average Bonchev–Trinajstić information content (AvgIpc) is 2.49. The lowest BCUT2D eigenvalue weighted by molar-refractivity contribution is 0.0988. The Morgan fingerprint density at radius 1 is 1.05 bits per heavy atom. The number of ketones is 1. The minimum absolute atomic E-state index is 0.191. The summed E-state index contributed by atoms with van der Waals surface area (Å²) in [5.74, 6) is 0.191. The van der Waals surface area contributed by atoms with Gasteiger partial charge in [-0.3, -0.25) is 4.79 Å². The molecular weight excluding hydrogens is 246 g/mol. The van der Waals surface area contributed by atoms with Crippen LogP contribution in [0.4, 0.5) is 5.69 Å². The molecule has 20 heavy (non-hydrogen) atoms. The Bertz CT molecular complexity index is 572. The fourth-order valence-electron chi connectivity index (χ4n) is 2.21. The molecule has 0 spiro atoms. The van der Waals surface area contributed by atoms with E-state index in [-0.39, 0.29) is 5.78 Å². The first-order chi connectivity index (χ1) is 9.70. The summed E-state index contributed by atoms with van der Waals surface area (Å²) in [6, 6.07) is 16.2. The van der Waals surface area contributed by atoms with Gasteiger partial charge in [-0.15, -0.1) is 0 Å². The summed E-state index contributed by atoms with van der Waals surface area (Å²) in [7, 11) is 0. The molecule has 2 rings (SSSR count). The molecule has 0 atom stereocenters. The van der Waals surface area contributed by atoms with E-state index in [4.69, 9.17) is 0 Å². The van der Waals surface area contributed by atoms with Crippen LogP contribution in [0.2, 0.25) is 0 Å². The third-order valence-corrected chi connectivity index (χ3v) is 3.51. The second-order valence-electron chi connectivity index (χ2n) is 4.96. The molecule has 0 saturated heterocycles. The van der Waals surface area contributed by atoms with Crippen molar-refractivity contribution in [2.45, 2.75) is 26.7 Å². The van der Waals surface area contributed by atoms with Gasteiger partial charge in [0.15, 0.2) is 5.78 Å². The number of rotatable bonds is 6. The number of hydrogen-bond donors (Lipinski definition) is 1. The van der Waals surface area contributed by atoms with Crippen molar-refractivity contribution >= 4 is 11.5 Å². The van der Waals surface area contributed by atoms with Gasteiger partial charge in [-0.1, -0.05) is 31.2 Å². The number of anilines is 1. The van der Waals surface area contributed by atoms with E-state index in [1.165, 1.54) is 11.1 Å². The molecule has 2 nitrogen and oxygen atoms in total. The van der Waals surface area contributed by atoms with Crippen LogP contribution in [-0.4, -0.2) is 12.3 Å². The van der Waals surface area contributed by atoms with Crippen molar-refractivity contribution in [1.82, 2.24) is 0 Å². The second-order valence-corrected chi connectivity index (χ2v) is 4.96.